The quantitative estimate of drug-likeness (QED) is 0.421. The van der Waals surface area contributed by atoms with Crippen LogP contribution in [-0.2, 0) is 6.61 Å². The highest BCUT2D eigenvalue weighted by Gasteiger charge is 2.12. The van der Waals surface area contributed by atoms with Crippen LogP contribution in [0.3, 0.4) is 0 Å². The predicted octanol–water partition coefficient (Wildman–Crippen LogP) is 6.66. The molecule has 152 valence electrons. The van der Waals surface area contributed by atoms with E-state index in [9.17, 15) is 0 Å². The molecule has 0 saturated heterocycles. The molecule has 3 aromatic rings. The van der Waals surface area contributed by atoms with E-state index < -0.39 is 0 Å². The molecule has 0 aliphatic rings. The van der Waals surface area contributed by atoms with Crippen molar-refractivity contribution in [3.8, 4) is 11.5 Å². The largest absolute Gasteiger partial charge is 0.489 e. The Balaban J connectivity index is 1.53. The van der Waals surface area contributed by atoms with E-state index in [2.05, 4.69) is 62.5 Å². The van der Waals surface area contributed by atoms with Gasteiger partial charge in [0, 0.05) is 11.8 Å². The first-order valence-corrected chi connectivity index (χ1v) is 10.4. The monoisotopic (exact) mass is 389 g/mol. The number of rotatable bonds is 10. The summed E-state index contributed by atoms with van der Waals surface area (Å²) in [6, 6.07) is 26.6. The normalized spacial score (nSPS) is 12.8. The van der Waals surface area contributed by atoms with Crippen molar-refractivity contribution in [2.24, 2.45) is 0 Å². The average Bonchev–Trinajstić information content (AvgIpc) is 2.77. The van der Waals surface area contributed by atoms with Gasteiger partial charge in [-0.2, -0.15) is 0 Å². The number of para-hydroxylation sites is 1. The number of nitrogens with one attached hydrogen (secondary N) is 1. The van der Waals surface area contributed by atoms with E-state index in [4.69, 9.17) is 9.47 Å². The first kappa shape index (κ1) is 20.8. The highest BCUT2D eigenvalue weighted by Crippen LogP contribution is 2.29. The molecule has 0 unspecified atom stereocenters. The maximum absolute atomic E-state index is 6.23. The van der Waals surface area contributed by atoms with Crippen LogP contribution in [0.1, 0.15) is 44.2 Å². The van der Waals surface area contributed by atoms with Crippen LogP contribution in [0.25, 0.3) is 0 Å². The minimum absolute atomic E-state index is 0.0501. The van der Waals surface area contributed by atoms with Gasteiger partial charge in [-0.1, -0.05) is 68.4 Å². The van der Waals surface area contributed by atoms with Crippen molar-refractivity contribution in [3.63, 3.8) is 0 Å². The molecule has 0 saturated carbocycles. The van der Waals surface area contributed by atoms with E-state index in [-0.39, 0.29) is 6.10 Å². The standard InChI is InChI=1S/C26H31NO2/c1-4-20(2)25-15-8-9-16-26(25)29-21(3)18-27-23-13-10-14-24(17-23)28-19-22-11-6-5-7-12-22/h5-17,20-21,27H,4,18-19H2,1-3H3/t20-,21-/m0/s1. The molecule has 2 atom stereocenters. The number of ether oxygens (including phenoxy) is 2. The van der Waals surface area contributed by atoms with Crippen molar-refractivity contribution in [2.45, 2.75) is 45.8 Å². The van der Waals surface area contributed by atoms with Gasteiger partial charge in [0.15, 0.2) is 0 Å². The molecule has 3 nitrogen and oxygen atoms in total. The summed E-state index contributed by atoms with van der Waals surface area (Å²) in [6.07, 6.45) is 1.15. The van der Waals surface area contributed by atoms with Gasteiger partial charge in [-0.15, -0.1) is 0 Å². The molecule has 0 fully saturated rings. The number of hydrogen-bond donors (Lipinski definition) is 1. The molecular formula is C26H31NO2. The maximum Gasteiger partial charge on any atom is 0.123 e. The van der Waals surface area contributed by atoms with E-state index in [0.717, 1.165) is 35.7 Å². The van der Waals surface area contributed by atoms with Crippen molar-refractivity contribution >= 4 is 5.69 Å². The van der Waals surface area contributed by atoms with Crippen LogP contribution in [0, 0.1) is 0 Å². The Labute approximate surface area is 174 Å². The van der Waals surface area contributed by atoms with E-state index >= 15 is 0 Å². The van der Waals surface area contributed by atoms with Gasteiger partial charge in [-0.05, 0) is 48.6 Å². The summed E-state index contributed by atoms with van der Waals surface area (Å²) in [5, 5.41) is 3.46. The summed E-state index contributed by atoms with van der Waals surface area (Å²) in [5.74, 6) is 2.33. The van der Waals surface area contributed by atoms with Crippen molar-refractivity contribution in [2.75, 3.05) is 11.9 Å². The minimum atomic E-state index is 0.0501. The van der Waals surface area contributed by atoms with Gasteiger partial charge in [-0.3, -0.25) is 0 Å². The van der Waals surface area contributed by atoms with E-state index in [1.807, 2.05) is 42.5 Å². The molecule has 0 bridgehead atoms. The fraction of sp³-hybridized carbons (Fsp3) is 0.308. The Bertz CT molecular complexity index is 879. The van der Waals surface area contributed by atoms with Gasteiger partial charge in [0.2, 0.25) is 0 Å². The first-order valence-electron chi connectivity index (χ1n) is 10.4. The maximum atomic E-state index is 6.23. The lowest BCUT2D eigenvalue weighted by molar-refractivity contribution is 0.231. The zero-order valence-corrected chi connectivity index (χ0v) is 17.6. The Morgan fingerprint density at radius 3 is 2.41 bits per heavy atom. The van der Waals surface area contributed by atoms with Gasteiger partial charge in [0.25, 0.3) is 0 Å². The second-order valence-corrected chi connectivity index (χ2v) is 7.46. The van der Waals surface area contributed by atoms with Gasteiger partial charge < -0.3 is 14.8 Å². The van der Waals surface area contributed by atoms with Gasteiger partial charge in [0.05, 0.1) is 6.54 Å². The zero-order chi connectivity index (χ0) is 20.5. The zero-order valence-electron chi connectivity index (χ0n) is 17.6. The topological polar surface area (TPSA) is 30.5 Å². The summed E-state index contributed by atoms with van der Waals surface area (Å²) >= 11 is 0. The van der Waals surface area contributed by atoms with Crippen LogP contribution >= 0.6 is 0 Å². The van der Waals surface area contributed by atoms with Crippen molar-refractivity contribution in [3.05, 3.63) is 90.0 Å². The van der Waals surface area contributed by atoms with Crippen molar-refractivity contribution in [1.82, 2.24) is 0 Å². The highest BCUT2D eigenvalue weighted by atomic mass is 16.5. The number of benzene rings is 3. The lowest BCUT2D eigenvalue weighted by atomic mass is 9.98. The average molecular weight is 390 g/mol. The third kappa shape index (κ3) is 6.28. The summed E-state index contributed by atoms with van der Waals surface area (Å²) in [4.78, 5) is 0. The fourth-order valence-electron chi connectivity index (χ4n) is 3.17. The van der Waals surface area contributed by atoms with Crippen LogP contribution in [-0.4, -0.2) is 12.6 Å². The van der Waals surface area contributed by atoms with E-state index in [1.165, 1.54) is 5.56 Å². The molecule has 0 aliphatic carbocycles. The summed E-state index contributed by atoms with van der Waals surface area (Å²) in [6.45, 7) is 7.83. The molecule has 0 spiro atoms. The van der Waals surface area contributed by atoms with Crippen LogP contribution in [0.5, 0.6) is 11.5 Å². The Hall–Kier alpha value is -2.94. The molecule has 1 N–H and O–H groups in total. The third-order valence-corrected chi connectivity index (χ3v) is 5.07. The smallest absolute Gasteiger partial charge is 0.123 e. The molecule has 0 aromatic heterocycles. The fourth-order valence-corrected chi connectivity index (χ4v) is 3.17. The molecule has 3 heteroatoms. The van der Waals surface area contributed by atoms with Crippen molar-refractivity contribution in [1.29, 1.82) is 0 Å². The summed E-state index contributed by atoms with van der Waals surface area (Å²) in [7, 11) is 0. The number of hydrogen-bond acceptors (Lipinski definition) is 3. The van der Waals surface area contributed by atoms with Crippen LogP contribution in [0.2, 0.25) is 0 Å². The van der Waals surface area contributed by atoms with Crippen LogP contribution in [0.4, 0.5) is 5.69 Å². The molecule has 3 aromatic carbocycles. The SMILES string of the molecule is CC[C@H](C)c1ccccc1O[C@@H](C)CNc1cccc(OCc2ccccc2)c1. The molecule has 0 radical (unpaired) electrons. The molecular weight excluding hydrogens is 358 g/mol. The second-order valence-electron chi connectivity index (χ2n) is 7.46. The van der Waals surface area contributed by atoms with Gasteiger partial charge >= 0.3 is 0 Å². The van der Waals surface area contributed by atoms with Gasteiger partial charge in [0.1, 0.15) is 24.2 Å². The minimum Gasteiger partial charge on any atom is -0.489 e. The Kier molecular flexibility index (Phi) is 7.57. The molecule has 0 amide bonds. The molecule has 0 aliphatic heterocycles. The number of anilines is 1. The summed E-state index contributed by atoms with van der Waals surface area (Å²) < 4.78 is 12.2. The molecule has 3 rings (SSSR count). The summed E-state index contributed by atoms with van der Waals surface area (Å²) in [5.41, 5.74) is 3.47. The van der Waals surface area contributed by atoms with Crippen LogP contribution in [0.15, 0.2) is 78.9 Å². The van der Waals surface area contributed by atoms with Crippen molar-refractivity contribution < 1.29 is 9.47 Å². The third-order valence-electron chi connectivity index (χ3n) is 5.07. The van der Waals surface area contributed by atoms with E-state index in [1.54, 1.807) is 0 Å². The predicted molar refractivity (Wildman–Crippen MR) is 121 cm³/mol. The lowest BCUT2D eigenvalue weighted by Crippen LogP contribution is -2.23. The Morgan fingerprint density at radius 1 is 0.862 bits per heavy atom. The first-order chi connectivity index (χ1) is 14.2. The van der Waals surface area contributed by atoms with Gasteiger partial charge in [-0.25, -0.2) is 0 Å². The van der Waals surface area contributed by atoms with Crippen LogP contribution < -0.4 is 14.8 Å². The molecule has 0 heterocycles. The lowest BCUT2D eigenvalue weighted by Gasteiger charge is -2.21. The Morgan fingerprint density at radius 2 is 1.62 bits per heavy atom. The van der Waals surface area contributed by atoms with E-state index in [0.29, 0.717) is 12.5 Å². The second kappa shape index (κ2) is 10.6. The molecule has 29 heavy (non-hydrogen) atoms. The highest BCUT2D eigenvalue weighted by molar-refractivity contribution is 5.48.